The molecule has 0 fully saturated rings. The zero-order valence-electron chi connectivity index (χ0n) is 10.6. The van der Waals surface area contributed by atoms with Crippen molar-refractivity contribution in [3.63, 3.8) is 0 Å². The highest BCUT2D eigenvalue weighted by Gasteiger charge is 2.39. The SMILES string of the molecule is C=CCOC(=O)N1CC(=O)c2ccccc2C1C(=O)O. The van der Waals surface area contributed by atoms with E-state index < -0.39 is 18.1 Å². The summed E-state index contributed by atoms with van der Waals surface area (Å²) in [5.41, 5.74) is 0.625. The third kappa shape index (κ3) is 2.40. The smallest absolute Gasteiger partial charge is 0.411 e. The third-order valence-electron chi connectivity index (χ3n) is 2.97. The molecule has 1 amide bonds. The Kier molecular flexibility index (Phi) is 3.84. The van der Waals surface area contributed by atoms with Crippen molar-refractivity contribution >= 4 is 17.8 Å². The zero-order valence-corrected chi connectivity index (χ0v) is 10.6. The molecular weight excluding hydrogens is 262 g/mol. The van der Waals surface area contributed by atoms with Gasteiger partial charge in [-0.2, -0.15) is 0 Å². The van der Waals surface area contributed by atoms with Crippen LogP contribution in [-0.4, -0.2) is 41.0 Å². The van der Waals surface area contributed by atoms with Crippen molar-refractivity contribution < 1.29 is 24.2 Å². The molecule has 1 aromatic rings. The monoisotopic (exact) mass is 275 g/mol. The number of hydrogen-bond acceptors (Lipinski definition) is 4. The van der Waals surface area contributed by atoms with Crippen molar-refractivity contribution in [2.45, 2.75) is 6.04 Å². The van der Waals surface area contributed by atoms with Crippen molar-refractivity contribution in [3.05, 3.63) is 48.0 Å². The van der Waals surface area contributed by atoms with Gasteiger partial charge >= 0.3 is 12.1 Å². The second kappa shape index (κ2) is 5.56. The summed E-state index contributed by atoms with van der Waals surface area (Å²) in [5, 5.41) is 9.34. The van der Waals surface area contributed by atoms with E-state index in [4.69, 9.17) is 4.74 Å². The molecule has 0 bridgehead atoms. The van der Waals surface area contributed by atoms with Gasteiger partial charge in [0.2, 0.25) is 0 Å². The fourth-order valence-electron chi connectivity index (χ4n) is 2.14. The van der Waals surface area contributed by atoms with Crippen molar-refractivity contribution in [1.29, 1.82) is 0 Å². The molecule has 1 N–H and O–H groups in total. The maximum Gasteiger partial charge on any atom is 0.411 e. The van der Waals surface area contributed by atoms with E-state index in [-0.39, 0.29) is 18.9 Å². The quantitative estimate of drug-likeness (QED) is 0.848. The molecule has 0 saturated heterocycles. The fourth-order valence-corrected chi connectivity index (χ4v) is 2.14. The zero-order chi connectivity index (χ0) is 14.7. The first-order chi connectivity index (χ1) is 9.56. The Hall–Kier alpha value is -2.63. The van der Waals surface area contributed by atoms with E-state index in [9.17, 15) is 19.5 Å². The van der Waals surface area contributed by atoms with Crippen LogP contribution in [0.4, 0.5) is 4.79 Å². The van der Waals surface area contributed by atoms with Crippen LogP contribution in [0.1, 0.15) is 22.0 Å². The highest BCUT2D eigenvalue weighted by molar-refractivity contribution is 6.04. The first-order valence-electron chi connectivity index (χ1n) is 5.95. The Morgan fingerprint density at radius 1 is 1.45 bits per heavy atom. The van der Waals surface area contributed by atoms with Gasteiger partial charge in [0.1, 0.15) is 6.61 Å². The predicted molar refractivity (Wildman–Crippen MR) is 69.4 cm³/mol. The van der Waals surface area contributed by atoms with Crippen LogP contribution in [0.3, 0.4) is 0 Å². The van der Waals surface area contributed by atoms with Crippen LogP contribution in [0.2, 0.25) is 0 Å². The van der Waals surface area contributed by atoms with Gasteiger partial charge in [-0.3, -0.25) is 9.69 Å². The van der Waals surface area contributed by atoms with Gasteiger partial charge < -0.3 is 9.84 Å². The van der Waals surface area contributed by atoms with Gasteiger partial charge in [-0.1, -0.05) is 36.9 Å². The Balaban J connectivity index is 2.40. The number of hydrogen-bond donors (Lipinski definition) is 1. The molecule has 0 radical (unpaired) electrons. The Labute approximate surface area is 115 Å². The average Bonchev–Trinajstić information content (AvgIpc) is 2.44. The molecule has 2 rings (SSSR count). The van der Waals surface area contributed by atoms with E-state index in [0.717, 1.165) is 4.90 Å². The first-order valence-corrected chi connectivity index (χ1v) is 5.95. The van der Waals surface area contributed by atoms with Crippen LogP contribution in [0.5, 0.6) is 0 Å². The lowest BCUT2D eigenvalue weighted by Crippen LogP contribution is -2.46. The number of aliphatic carboxylic acids is 1. The summed E-state index contributed by atoms with van der Waals surface area (Å²) >= 11 is 0. The molecule has 1 atom stereocenters. The van der Waals surface area contributed by atoms with Crippen LogP contribution in [0, 0.1) is 0 Å². The van der Waals surface area contributed by atoms with Gasteiger partial charge in [0.25, 0.3) is 0 Å². The third-order valence-corrected chi connectivity index (χ3v) is 2.97. The lowest BCUT2D eigenvalue weighted by atomic mass is 9.92. The second-order valence-corrected chi connectivity index (χ2v) is 4.24. The average molecular weight is 275 g/mol. The van der Waals surface area contributed by atoms with Crippen molar-refractivity contribution in [2.24, 2.45) is 0 Å². The number of amides is 1. The topological polar surface area (TPSA) is 83.9 Å². The van der Waals surface area contributed by atoms with Crippen molar-refractivity contribution in [3.8, 4) is 0 Å². The largest absolute Gasteiger partial charge is 0.479 e. The minimum absolute atomic E-state index is 0.0441. The first kappa shape index (κ1) is 13.8. The number of fused-ring (bicyclic) bond motifs is 1. The van der Waals surface area contributed by atoms with Gasteiger partial charge in [0.15, 0.2) is 11.8 Å². The molecule has 6 nitrogen and oxygen atoms in total. The molecule has 1 heterocycles. The van der Waals surface area contributed by atoms with Gasteiger partial charge in [0.05, 0.1) is 6.54 Å². The number of carbonyl (C=O) groups is 3. The van der Waals surface area contributed by atoms with Crippen LogP contribution in [-0.2, 0) is 9.53 Å². The number of nitrogens with zero attached hydrogens (tertiary/aromatic N) is 1. The molecule has 6 heteroatoms. The van der Waals surface area contributed by atoms with Crippen LogP contribution >= 0.6 is 0 Å². The lowest BCUT2D eigenvalue weighted by Gasteiger charge is -2.32. The van der Waals surface area contributed by atoms with Crippen molar-refractivity contribution in [1.82, 2.24) is 4.90 Å². The van der Waals surface area contributed by atoms with E-state index >= 15 is 0 Å². The highest BCUT2D eigenvalue weighted by Crippen LogP contribution is 2.30. The number of rotatable bonds is 3. The summed E-state index contributed by atoms with van der Waals surface area (Å²) in [5.74, 6) is -1.52. The summed E-state index contributed by atoms with van der Waals surface area (Å²) < 4.78 is 4.83. The molecule has 0 spiro atoms. The fraction of sp³-hybridized carbons (Fsp3) is 0.214. The summed E-state index contributed by atoms with van der Waals surface area (Å²) in [4.78, 5) is 36.2. The Bertz CT molecular complexity index is 581. The van der Waals surface area contributed by atoms with Gasteiger partial charge in [0, 0.05) is 5.56 Å². The number of ether oxygens (including phenoxy) is 1. The number of carboxylic acids is 1. The predicted octanol–water partition coefficient (Wildman–Crippen LogP) is 1.63. The number of Topliss-reactive ketones (excluding diaryl/α,β-unsaturated/α-hetero) is 1. The van der Waals surface area contributed by atoms with E-state index in [1.54, 1.807) is 18.2 Å². The maximum absolute atomic E-state index is 12.0. The van der Waals surface area contributed by atoms with Gasteiger partial charge in [-0.15, -0.1) is 0 Å². The molecule has 1 aliphatic heterocycles. The van der Waals surface area contributed by atoms with Crippen LogP contribution in [0.25, 0.3) is 0 Å². The second-order valence-electron chi connectivity index (χ2n) is 4.24. The molecule has 20 heavy (non-hydrogen) atoms. The molecule has 1 unspecified atom stereocenters. The van der Waals surface area contributed by atoms with E-state index in [1.165, 1.54) is 12.1 Å². The summed E-state index contributed by atoms with van der Waals surface area (Å²) in [6.45, 7) is 3.04. The maximum atomic E-state index is 12.0. The van der Waals surface area contributed by atoms with Crippen LogP contribution in [0.15, 0.2) is 36.9 Å². The number of benzene rings is 1. The lowest BCUT2D eigenvalue weighted by molar-refractivity contribution is -0.143. The summed E-state index contributed by atoms with van der Waals surface area (Å²) in [6, 6.07) is 5.14. The number of carboxylic acid groups (broad SMARTS) is 1. The molecule has 0 saturated carbocycles. The van der Waals surface area contributed by atoms with Crippen LogP contribution < -0.4 is 0 Å². The molecule has 104 valence electrons. The molecule has 0 aliphatic carbocycles. The normalized spacial score (nSPS) is 17.3. The standard InChI is InChI=1S/C14H13NO5/c1-2-7-20-14(19)15-8-11(16)9-5-3-4-6-10(9)12(15)13(17)18/h2-6,12H,1,7-8H2,(H,17,18). The Morgan fingerprint density at radius 2 is 2.15 bits per heavy atom. The molecule has 0 aromatic heterocycles. The Morgan fingerprint density at radius 3 is 2.80 bits per heavy atom. The van der Waals surface area contributed by atoms with Gasteiger partial charge in [-0.05, 0) is 5.56 Å². The van der Waals surface area contributed by atoms with Gasteiger partial charge in [-0.25, -0.2) is 9.59 Å². The summed E-state index contributed by atoms with van der Waals surface area (Å²) in [7, 11) is 0. The highest BCUT2D eigenvalue weighted by atomic mass is 16.6. The van der Waals surface area contributed by atoms with Crippen molar-refractivity contribution in [2.75, 3.05) is 13.2 Å². The minimum Gasteiger partial charge on any atom is -0.479 e. The molecule has 1 aliphatic rings. The van der Waals surface area contributed by atoms with E-state index in [1.807, 2.05) is 0 Å². The number of ketones is 1. The summed E-state index contributed by atoms with van der Waals surface area (Å²) in [6.07, 6.45) is 0.521. The van der Waals surface area contributed by atoms with E-state index in [0.29, 0.717) is 11.1 Å². The van der Waals surface area contributed by atoms with E-state index in [2.05, 4.69) is 6.58 Å². The minimum atomic E-state index is -1.22. The molecular formula is C14H13NO5. The number of carbonyl (C=O) groups excluding carboxylic acids is 2. The molecule has 1 aromatic carbocycles.